The van der Waals surface area contributed by atoms with Gasteiger partial charge in [0.25, 0.3) is 11.1 Å². The van der Waals surface area contributed by atoms with Gasteiger partial charge in [0.05, 0.1) is 116 Å². The summed E-state index contributed by atoms with van der Waals surface area (Å²) >= 11 is 0. The minimum atomic E-state index is -4.42. The SMILES string of the molecule is CC(C)N1CC(COP(=O)(N(C)C)N2CC(COP(=O)(N(C)C)N3CC(COP(=O)(N(C)C)N4CC(COP(=O)(N(C)C)N5CCN(C(=O)OCCOCCOCCO)CC5)OC(n5ccc(N)nc5=O)C4)OC(n4cnc5c(=O)[nH]c(N)nc54)C3)OC(n3cnc4c(=O)[nH]c(N)nc43)C2)OC(n2ccc(N)nc2=O)C1. The van der Waals surface area contributed by atoms with Crippen molar-refractivity contribution in [1.82, 2.24) is 105 Å². The van der Waals surface area contributed by atoms with Crippen LogP contribution in [0.15, 0.2) is 56.4 Å². The molecule has 0 bridgehead atoms. The maximum absolute atomic E-state index is 16.4. The third-order valence-electron chi connectivity index (χ3n) is 18.9. The molecule has 0 aromatic carbocycles. The summed E-state index contributed by atoms with van der Waals surface area (Å²) in [6, 6.07) is 2.85. The van der Waals surface area contributed by atoms with Gasteiger partial charge in [-0.1, -0.05) is 0 Å². The number of carbonyl (C=O) groups excluding carboxylic acids is 1. The number of hydrogen-bond acceptors (Lipinski definition) is 32. The lowest BCUT2D eigenvalue weighted by Gasteiger charge is -2.46. The van der Waals surface area contributed by atoms with Gasteiger partial charge < -0.3 is 84.2 Å². The van der Waals surface area contributed by atoms with Gasteiger partial charge in [-0.25, -0.2) is 61.7 Å². The molecule has 616 valence electrons. The third-order valence-corrected chi connectivity index (χ3v) is 29.1. The maximum Gasteiger partial charge on any atom is 0.409 e. The van der Waals surface area contributed by atoms with Crippen LogP contribution in [-0.4, -0.2) is 348 Å². The van der Waals surface area contributed by atoms with Gasteiger partial charge in [0.2, 0.25) is 11.9 Å². The van der Waals surface area contributed by atoms with Crippen LogP contribution in [0.5, 0.6) is 0 Å². The Balaban J connectivity index is 0.847. The normalized spacial score (nSPS) is 24.8. The fourth-order valence-corrected chi connectivity index (χ4v) is 21.1. The number of carbonyl (C=O) groups is 1. The molecule has 6 aromatic heterocycles. The number of aliphatic hydroxyl groups is 1. The Morgan fingerprint density at radius 3 is 1.24 bits per heavy atom. The van der Waals surface area contributed by atoms with Crippen molar-refractivity contribution >= 4 is 82.6 Å². The van der Waals surface area contributed by atoms with Crippen molar-refractivity contribution in [3.05, 3.63) is 78.9 Å². The van der Waals surface area contributed by atoms with E-state index in [0.29, 0.717) is 13.1 Å². The second kappa shape index (κ2) is 36.3. The zero-order valence-electron chi connectivity index (χ0n) is 63.4. The highest BCUT2D eigenvalue weighted by Crippen LogP contribution is 2.59. The number of fused-ring (bicyclic) bond motifs is 2. The molecule has 1 amide bonds. The molecule has 47 nitrogen and oxygen atoms in total. The summed E-state index contributed by atoms with van der Waals surface area (Å²) in [5, 5.41) is 8.90. The van der Waals surface area contributed by atoms with Crippen molar-refractivity contribution in [3.63, 3.8) is 0 Å². The van der Waals surface area contributed by atoms with Gasteiger partial charge in [0, 0.05) is 77.3 Å². The predicted octanol–water partition coefficient (Wildman–Crippen LogP) is -1.17. The average Bonchev–Trinajstić information content (AvgIpc) is 1.74. The number of H-pyrrole nitrogens is 2. The van der Waals surface area contributed by atoms with E-state index in [1.807, 2.05) is 13.8 Å². The van der Waals surface area contributed by atoms with E-state index in [0.717, 1.165) is 4.57 Å². The maximum atomic E-state index is 16.4. The average molecular weight is 1650 g/mol. The van der Waals surface area contributed by atoms with Crippen LogP contribution in [0, 0.1) is 0 Å². The van der Waals surface area contributed by atoms with E-state index in [9.17, 15) is 24.0 Å². The molecule has 12 unspecified atom stereocenters. The van der Waals surface area contributed by atoms with E-state index < -0.39 is 128 Å². The van der Waals surface area contributed by atoms with Gasteiger partial charge in [0.15, 0.2) is 34.8 Å². The number of rotatable bonds is 33. The Kier molecular flexibility index (Phi) is 27.7. The molecule has 5 aliphatic rings. The van der Waals surface area contributed by atoms with Crippen LogP contribution in [0.3, 0.4) is 0 Å². The molecule has 51 heteroatoms. The Bertz CT molecular complexity index is 4650. The molecule has 0 radical (unpaired) electrons. The molecular weight excluding hydrogens is 1540 g/mol. The van der Waals surface area contributed by atoms with E-state index in [1.165, 1.54) is 112 Å². The lowest BCUT2D eigenvalue weighted by molar-refractivity contribution is -0.142. The number of aliphatic hydroxyl groups excluding tert-OH is 1. The molecule has 11 N–H and O–H groups in total. The number of amides is 1. The number of anilines is 4. The second-order valence-electron chi connectivity index (χ2n) is 27.7. The molecule has 5 aliphatic heterocycles. The van der Waals surface area contributed by atoms with E-state index in [1.54, 1.807) is 37.5 Å². The number of hydrogen-bond donors (Lipinski definition) is 7. The predicted molar refractivity (Wildman–Crippen MR) is 400 cm³/mol. The fourth-order valence-electron chi connectivity index (χ4n) is 13.2. The van der Waals surface area contributed by atoms with Crippen molar-refractivity contribution in [2.24, 2.45) is 0 Å². The second-order valence-corrected chi connectivity index (χ2v) is 38.1. The van der Waals surface area contributed by atoms with E-state index in [4.69, 9.17) is 79.3 Å². The summed E-state index contributed by atoms with van der Waals surface area (Å²) in [5.41, 5.74) is 21.1. The highest BCUT2D eigenvalue weighted by Gasteiger charge is 2.50. The largest absolute Gasteiger partial charge is 0.447 e. The van der Waals surface area contributed by atoms with Crippen LogP contribution in [0.1, 0.15) is 38.8 Å². The molecule has 12 atom stereocenters. The van der Waals surface area contributed by atoms with Crippen LogP contribution in [0.25, 0.3) is 22.3 Å². The van der Waals surface area contributed by atoms with Crippen molar-refractivity contribution in [3.8, 4) is 0 Å². The molecule has 11 rings (SSSR count). The Hall–Kier alpha value is -6.95. The molecule has 0 spiro atoms. The molecule has 0 aliphatic carbocycles. The number of nitrogens with one attached hydrogen (secondary N) is 2. The molecular formula is C60H100N26O21P4. The van der Waals surface area contributed by atoms with Crippen LogP contribution >= 0.6 is 30.7 Å². The van der Waals surface area contributed by atoms with Crippen LogP contribution in [-0.2, 0) is 69.5 Å². The Labute approximate surface area is 636 Å². The van der Waals surface area contributed by atoms with Crippen molar-refractivity contribution in [2.75, 3.05) is 224 Å². The van der Waals surface area contributed by atoms with Gasteiger partial charge in [-0.15, -0.1) is 0 Å². The number of nitrogens with two attached hydrogens (primary N) is 4. The third kappa shape index (κ3) is 19.4. The monoisotopic (exact) mass is 1640 g/mol. The van der Waals surface area contributed by atoms with Gasteiger partial charge in [-0.3, -0.25) is 61.0 Å². The molecule has 111 heavy (non-hydrogen) atoms. The molecule has 11 heterocycles. The fraction of sp³-hybridized carbons (Fsp3) is 0.683. The van der Waals surface area contributed by atoms with E-state index in [-0.39, 0.29) is 164 Å². The number of piperazine rings is 1. The summed E-state index contributed by atoms with van der Waals surface area (Å²) in [7, 11) is -4.54. The summed E-state index contributed by atoms with van der Waals surface area (Å²) in [5.74, 6) is -0.520. The van der Waals surface area contributed by atoms with Crippen LogP contribution in [0.4, 0.5) is 28.3 Å². The number of morpholine rings is 4. The molecule has 5 saturated heterocycles. The van der Waals surface area contributed by atoms with Crippen LogP contribution in [0.2, 0.25) is 0 Å². The van der Waals surface area contributed by atoms with Gasteiger partial charge in [-0.2, -0.15) is 19.9 Å². The lowest BCUT2D eigenvalue weighted by Crippen LogP contribution is -2.52. The lowest BCUT2D eigenvalue weighted by atomic mass is 10.2. The first kappa shape index (κ1) is 84.9. The first-order valence-corrected chi connectivity index (χ1v) is 41.7. The summed E-state index contributed by atoms with van der Waals surface area (Å²) in [4.78, 5) is 100. The number of aromatic amines is 2. The zero-order valence-corrected chi connectivity index (χ0v) is 66.9. The van der Waals surface area contributed by atoms with Crippen LogP contribution < -0.4 is 45.4 Å². The molecule has 5 fully saturated rings. The quantitative estimate of drug-likeness (QED) is 0.0188. The summed E-state index contributed by atoms with van der Waals surface area (Å²) < 4.78 is 150. The van der Waals surface area contributed by atoms with Gasteiger partial charge in [-0.05, 0) is 82.4 Å². The minimum absolute atomic E-state index is 0.0127. The van der Waals surface area contributed by atoms with E-state index >= 15 is 18.3 Å². The van der Waals surface area contributed by atoms with Crippen molar-refractivity contribution in [2.45, 2.75) is 69.2 Å². The topological polar surface area (TPSA) is 541 Å². The summed E-state index contributed by atoms with van der Waals surface area (Å²) in [6.45, 7) is 2.75. The van der Waals surface area contributed by atoms with Gasteiger partial charge in [0.1, 0.15) is 30.7 Å². The first-order valence-electron chi connectivity index (χ1n) is 35.6. The van der Waals surface area contributed by atoms with Gasteiger partial charge >= 0.3 is 48.2 Å². The Morgan fingerprint density at radius 2 is 0.865 bits per heavy atom. The molecule has 0 saturated carbocycles. The number of nitrogen functional groups attached to an aromatic ring is 4. The summed E-state index contributed by atoms with van der Waals surface area (Å²) in [6.07, 6.45) is -3.72. The number of ether oxygens (including phenoxy) is 7. The number of imidazole rings is 2. The standard InChI is InChI=1S/C60H100N26O21P4/c1-39(2)78-25-40(104-46(29-78)83-13-11-44(61)67-58(83)90)33-101-110(95,75(7)8)81-27-42(106-48(31-81)85-37-65-50-52(85)69-56(63)71-54(50)88)36-103-111(96,76(9)10)82-28-43(107-49(32-82)86-38-66-51-53(86)70-57(64)72-55(51)89)35-102-109(94,74(5)6)80-26-41(105-47(30-80)84-14-12-45(62)68-59(84)91)34-100-108(93,73(3)4)79-17-15-77(16-18-79)60(92)99-24-23-98-22-21-97-20-19-87/h11-14,37-43,46-49,87H,15-36H2,1-10H3,(H2,61,67,90)(H2,62,68,91)(H3,63,69,71,88)(H3,64,70,72,89). The van der Waals surface area contributed by atoms with Crippen molar-refractivity contribution < 1.29 is 79.4 Å². The highest BCUT2D eigenvalue weighted by molar-refractivity contribution is 7.54. The highest BCUT2D eigenvalue weighted by atomic mass is 31.2. The minimum Gasteiger partial charge on any atom is -0.447 e. The Morgan fingerprint density at radius 1 is 0.505 bits per heavy atom. The number of aromatic nitrogens is 12. The molecule has 6 aromatic rings. The number of nitrogens with zero attached hydrogens (tertiary/aromatic N) is 20. The smallest absolute Gasteiger partial charge is 0.409 e. The van der Waals surface area contributed by atoms with Crippen molar-refractivity contribution in [1.29, 1.82) is 0 Å². The first-order chi connectivity index (χ1) is 52.7. The van der Waals surface area contributed by atoms with E-state index in [2.05, 4.69) is 44.8 Å². The zero-order chi connectivity index (χ0) is 80.0.